The van der Waals surface area contributed by atoms with Gasteiger partial charge in [0.25, 0.3) is 0 Å². The molecule has 4 aromatic rings. The zero-order valence-corrected chi connectivity index (χ0v) is 17.8. The molecule has 0 saturated carbocycles. The Labute approximate surface area is 177 Å². The number of methoxy groups -OCH3 is 1. The van der Waals surface area contributed by atoms with Crippen molar-refractivity contribution in [3.8, 4) is 22.7 Å². The molecule has 2 aromatic carbocycles. The number of ether oxygens (including phenoxy) is 1. The Balaban J connectivity index is 1.50. The van der Waals surface area contributed by atoms with E-state index in [0.29, 0.717) is 0 Å². The van der Waals surface area contributed by atoms with Crippen molar-refractivity contribution in [2.24, 2.45) is 7.05 Å². The van der Waals surface area contributed by atoms with Crippen LogP contribution in [0.2, 0.25) is 0 Å². The van der Waals surface area contributed by atoms with E-state index in [9.17, 15) is 0 Å². The Morgan fingerprint density at radius 3 is 2.50 bits per heavy atom. The zero-order chi connectivity index (χ0) is 21.1. The number of nitrogens with one attached hydrogen (secondary N) is 1. The van der Waals surface area contributed by atoms with Crippen LogP contribution in [0.4, 0.5) is 0 Å². The molecule has 0 aliphatic rings. The first-order valence-electron chi connectivity index (χ1n) is 10.1. The van der Waals surface area contributed by atoms with Gasteiger partial charge in [-0.25, -0.2) is 4.68 Å². The molecule has 6 heteroatoms. The van der Waals surface area contributed by atoms with Crippen molar-refractivity contribution in [1.82, 2.24) is 24.9 Å². The lowest BCUT2D eigenvalue weighted by Crippen LogP contribution is -2.18. The van der Waals surface area contributed by atoms with Gasteiger partial charge in [-0.3, -0.25) is 4.68 Å². The number of aryl methyl sites for hydroxylation is 1. The second kappa shape index (κ2) is 8.55. The fourth-order valence-corrected chi connectivity index (χ4v) is 3.71. The van der Waals surface area contributed by atoms with Gasteiger partial charge in [-0.05, 0) is 38.1 Å². The molecular weight excluding hydrogens is 374 g/mol. The van der Waals surface area contributed by atoms with Crippen molar-refractivity contribution in [3.63, 3.8) is 0 Å². The number of benzene rings is 2. The molecule has 2 heterocycles. The predicted octanol–water partition coefficient (Wildman–Crippen LogP) is 4.44. The van der Waals surface area contributed by atoms with Gasteiger partial charge in [0.15, 0.2) is 0 Å². The van der Waals surface area contributed by atoms with E-state index in [1.807, 2.05) is 65.1 Å². The molecule has 4 rings (SSSR count). The van der Waals surface area contributed by atoms with Gasteiger partial charge in [-0.2, -0.15) is 10.2 Å². The number of aromatic nitrogens is 4. The maximum Gasteiger partial charge on any atom is 0.119 e. The van der Waals surface area contributed by atoms with E-state index < -0.39 is 0 Å². The highest BCUT2D eigenvalue weighted by Gasteiger charge is 2.16. The van der Waals surface area contributed by atoms with E-state index in [4.69, 9.17) is 4.74 Å². The summed E-state index contributed by atoms with van der Waals surface area (Å²) >= 11 is 0. The van der Waals surface area contributed by atoms with E-state index >= 15 is 0 Å². The molecule has 1 unspecified atom stereocenters. The topological polar surface area (TPSA) is 56.9 Å². The summed E-state index contributed by atoms with van der Waals surface area (Å²) in [7, 11) is 3.63. The van der Waals surface area contributed by atoms with E-state index in [0.717, 1.165) is 34.9 Å². The number of nitrogens with zero attached hydrogens (tertiary/aromatic N) is 4. The Kier molecular flexibility index (Phi) is 5.68. The summed E-state index contributed by atoms with van der Waals surface area (Å²) in [6.45, 7) is 5.00. The largest absolute Gasteiger partial charge is 0.497 e. The Hall–Kier alpha value is -3.38. The van der Waals surface area contributed by atoms with Crippen LogP contribution in [-0.2, 0) is 13.6 Å². The van der Waals surface area contributed by atoms with Gasteiger partial charge in [0.2, 0.25) is 0 Å². The minimum atomic E-state index is 0.154. The van der Waals surface area contributed by atoms with E-state index in [-0.39, 0.29) is 6.04 Å². The molecular formula is C24H27N5O. The van der Waals surface area contributed by atoms with Crippen molar-refractivity contribution >= 4 is 0 Å². The molecule has 6 nitrogen and oxygen atoms in total. The smallest absolute Gasteiger partial charge is 0.119 e. The first kappa shape index (κ1) is 19.9. The molecule has 0 amide bonds. The van der Waals surface area contributed by atoms with Crippen molar-refractivity contribution in [1.29, 1.82) is 0 Å². The van der Waals surface area contributed by atoms with Gasteiger partial charge in [0.1, 0.15) is 5.75 Å². The number of hydrogen-bond acceptors (Lipinski definition) is 4. The van der Waals surface area contributed by atoms with Crippen LogP contribution in [-0.4, -0.2) is 26.7 Å². The lowest BCUT2D eigenvalue weighted by atomic mass is 10.1. The summed E-state index contributed by atoms with van der Waals surface area (Å²) in [5, 5.41) is 12.9. The highest BCUT2D eigenvalue weighted by Crippen LogP contribution is 2.24. The normalized spacial score (nSPS) is 12.1. The summed E-state index contributed by atoms with van der Waals surface area (Å²) < 4.78 is 9.09. The van der Waals surface area contributed by atoms with Crippen LogP contribution in [0.25, 0.3) is 16.9 Å². The molecule has 0 aliphatic carbocycles. The molecule has 30 heavy (non-hydrogen) atoms. The van der Waals surface area contributed by atoms with Gasteiger partial charge < -0.3 is 10.1 Å². The second-order valence-corrected chi connectivity index (χ2v) is 7.44. The Bertz CT molecular complexity index is 1110. The summed E-state index contributed by atoms with van der Waals surface area (Å²) in [6.07, 6.45) is 4.02. The van der Waals surface area contributed by atoms with Gasteiger partial charge in [0.05, 0.1) is 24.7 Å². The summed E-state index contributed by atoms with van der Waals surface area (Å²) in [6, 6.07) is 18.4. The third-order valence-corrected chi connectivity index (χ3v) is 5.38. The average molecular weight is 402 g/mol. The standard InChI is InChI=1S/C24H27N5O/c1-17(23-15-26-29(18(23)2)21-10-12-22(30-4)13-11-21)25-14-20-16-28(3)27-24(20)19-8-6-5-7-9-19/h5-13,15-17,25H,14H2,1-4H3. The van der Waals surface area contributed by atoms with Crippen molar-refractivity contribution in [2.75, 3.05) is 7.11 Å². The molecule has 0 bridgehead atoms. The minimum Gasteiger partial charge on any atom is -0.497 e. The number of hydrogen-bond donors (Lipinski definition) is 1. The van der Waals surface area contributed by atoms with Crippen LogP contribution in [0.1, 0.15) is 29.8 Å². The van der Waals surface area contributed by atoms with E-state index in [1.165, 1.54) is 11.1 Å². The van der Waals surface area contributed by atoms with Crippen LogP contribution in [0, 0.1) is 6.92 Å². The first-order valence-corrected chi connectivity index (χ1v) is 10.1. The van der Waals surface area contributed by atoms with Crippen LogP contribution in [0.5, 0.6) is 5.75 Å². The lowest BCUT2D eigenvalue weighted by molar-refractivity contribution is 0.414. The molecule has 1 N–H and O–H groups in total. The average Bonchev–Trinajstić information content (AvgIpc) is 3.35. The minimum absolute atomic E-state index is 0.154. The monoisotopic (exact) mass is 401 g/mol. The fourth-order valence-electron chi connectivity index (χ4n) is 3.71. The highest BCUT2D eigenvalue weighted by atomic mass is 16.5. The summed E-state index contributed by atoms with van der Waals surface area (Å²) in [5.41, 5.74) is 6.64. The highest BCUT2D eigenvalue weighted by molar-refractivity contribution is 5.62. The van der Waals surface area contributed by atoms with Gasteiger partial charge in [-0.1, -0.05) is 30.3 Å². The molecule has 0 aliphatic heterocycles. The van der Waals surface area contributed by atoms with Crippen molar-refractivity contribution in [2.45, 2.75) is 26.4 Å². The van der Waals surface area contributed by atoms with Crippen molar-refractivity contribution in [3.05, 3.63) is 83.8 Å². The lowest BCUT2D eigenvalue weighted by Gasteiger charge is -2.14. The quantitative estimate of drug-likeness (QED) is 0.497. The van der Waals surface area contributed by atoms with Crippen LogP contribution in [0.15, 0.2) is 67.0 Å². The molecule has 154 valence electrons. The summed E-state index contributed by atoms with van der Waals surface area (Å²) in [5.74, 6) is 0.838. The van der Waals surface area contributed by atoms with Gasteiger partial charge >= 0.3 is 0 Å². The fraction of sp³-hybridized carbons (Fsp3) is 0.250. The SMILES string of the molecule is COc1ccc(-n2ncc(C(C)NCc3cn(C)nc3-c3ccccc3)c2C)cc1. The summed E-state index contributed by atoms with van der Waals surface area (Å²) in [4.78, 5) is 0. The zero-order valence-electron chi connectivity index (χ0n) is 17.8. The molecule has 1 atom stereocenters. The third kappa shape index (κ3) is 4.00. The second-order valence-electron chi connectivity index (χ2n) is 7.44. The third-order valence-electron chi connectivity index (χ3n) is 5.38. The van der Waals surface area contributed by atoms with Crippen LogP contribution >= 0.6 is 0 Å². The Morgan fingerprint density at radius 1 is 1.07 bits per heavy atom. The van der Waals surface area contributed by atoms with E-state index in [1.54, 1.807) is 7.11 Å². The van der Waals surface area contributed by atoms with Gasteiger partial charge in [0, 0.05) is 48.2 Å². The van der Waals surface area contributed by atoms with Crippen LogP contribution < -0.4 is 10.1 Å². The van der Waals surface area contributed by atoms with Crippen molar-refractivity contribution < 1.29 is 4.74 Å². The molecule has 0 spiro atoms. The molecule has 2 aromatic heterocycles. The van der Waals surface area contributed by atoms with E-state index in [2.05, 4.69) is 47.7 Å². The van der Waals surface area contributed by atoms with Gasteiger partial charge in [-0.15, -0.1) is 0 Å². The van der Waals surface area contributed by atoms with Crippen LogP contribution in [0.3, 0.4) is 0 Å². The molecule has 0 radical (unpaired) electrons. The Morgan fingerprint density at radius 2 is 1.80 bits per heavy atom. The predicted molar refractivity (Wildman–Crippen MR) is 119 cm³/mol. The number of rotatable bonds is 7. The maximum atomic E-state index is 5.25. The maximum absolute atomic E-state index is 5.25. The molecule has 0 fully saturated rings. The molecule has 0 saturated heterocycles. The first-order chi connectivity index (χ1) is 14.6.